The van der Waals surface area contributed by atoms with Gasteiger partial charge >= 0.3 is 0 Å². The summed E-state index contributed by atoms with van der Waals surface area (Å²) in [5.74, 6) is 0.788. The van der Waals surface area contributed by atoms with Crippen LogP contribution in [0.5, 0.6) is 5.75 Å². The van der Waals surface area contributed by atoms with E-state index in [-0.39, 0.29) is 18.4 Å². The van der Waals surface area contributed by atoms with Gasteiger partial charge in [-0.1, -0.05) is 35.9 Å². The van der Waals surface area contributed by atoms with Crippen LogP contribution < -0.4 is 14.5 Å². The van der Waals surface area contributed by atoms with Gasteiger partial charge in [0.25, 0.3) is 5.91 Å². The number of anilines is 2. The SMILES string of the molecule is O=C(CCCN1C(=O)COc2ccccc21)N1CCN(c2ccccc2Cl)CC1. The molecule has 2 aromatic rings. The highest BCUT2D eigenvalue weighted by Crippen LogP contribution is 2.31. The molecule has 2 aliphatic heterocycles. The highest BCUT2D eigenvalue weighted by atomic mass is 35.5. The van der Waals surface area contributed by atoms with E-state index in [0.29, 0.717) is 38.2 Å². The van der Waals surface area contributed by atoms with Crippen molar-refractivity contribution < 1.29 is 14.3 Å². The fourth-order valence-corrected chi connectivity index (χ4v) is 4.11. The third-order valence-corrected chi connectivity index (χ3v) is 5.73. The van der Waals surface area contributed by atoms with Crippen LogP contribution in [0.1, 0.15) is 12.8 Å². The van der Waals surface area contributed by atoms with Gasteiger partial charge in [0.15, 0.2) is 6.61 Å². The first-order valence-corrected chi connectivity index (χ1v) is 10.3. The number of hydrogen-bond donors (Lipinski definition) is 0. The lowest BCUT2D eigenvalue weighted by Gasteiger charge is -2.36. The topological polar surface area (TPSA) is 53.1 Å². The largest absolute Gasteiger partial charge is 0.482 e. The number of ether oxygens (including phenoxy) is 1. The molecule has 0 bridgehead atoms. The number of rotatable bonds is 5. The van der Waals surface area contributed by atoms with Crippen LogP contribution in [0, 0.1) is 0 Å². The lowest BCUT2D eigenvalue weighted by atomic mass is 10.2. The van der Waals surface area contributed by atoms with Gasteiger partial charge in [-0.05, 0) is 30.7 Å². The minimum atomic E-state index is -0.0653. The van der Waals surface area contributed by atoms with Crippen molar-refractivity contribution in [2.24, 2.45) is 0 Å². The van der Waals surface area contributed by atoms with E-state index < -0.39 is 0 Å². The molecule has 0 aromatic heterocycles. The van der Waals surface area contributed by atoms with Crippen molar-refractivity contribution in [1.82, 2.24) is 4.90 Å². The van der Waals surface area contributed by atoms with Gasteiger partial charge in [-0.3, -0.25) is 9.59 Å². The predicted octanol–water partition coefficient (Wildman–Crippen LogP) is 3.19. The number of carbonyl (C=O) groups is 2. The third kappa shape index (κ3) is 4.32. The number of para-hydroxylation sites is 3. The van der Waals surface area contributed by atoms with Crippen LogP contribution in [0.4, 0.5) is 11.4 Å². The molecule has 4 rings (SSSR count). The van der Waals surface area contributed by atoms with Gasteiger partial charge in [-0.15, -0.1) is 0 Å². The van der Waals surface area contributed by atoms with Gasteiger partial charge in [-0.25, -0.2) is 0 Å². The maximum atomic E-state index is 12.6. The summed E-state index contributed by atoms with van der Waals surface area (Å²) in [6.45, 7) is 3.47. The number of fused-ring (bicyclic) bond motifs is 1. The molecule has 0 N–H and O–H groups in total. The van der Waals surface area contributed by atoms with Gasteiger partial charge in [-0.2, -0.15) is 0 Å². The zero-order chi connectivity index (χ0) is 20.2. The van der Waals surface area contributed by atoms with Crippen LogP contribution in [-0.4, -0.2) is 56.0 Å². The number of halogens is 1. The Kier molecular flexibility index (Phi) is 5.90. The summed E-state index contributed by atoms with van der Waals surface area (Å²) in [7, 11) is 0. The molecule has 1 fully saturated rings. The van der Waals surface area contributed by atoms with Crippen LogP contribution in [0.25, 0.3) is 0 Å². The van der Waals surface area contributed by atoms with Gasteiger partial charge in [0.2, 0.25) is 5.91 Å². The molecule has 7 heteroatoms. The zero-order valence-electron chi connectivity index (χ0n) is 16.2. The first kappa shape index (κ1) is 19.6. The van der Waals surface area contributed by atoms with E-state index in [0.717, 1.165) is 29.5 Å². The molecule has 2 aliphatic rings. The van der Waals surface area contributed by atoms with Gasteiger partial charge < -0.3 is 19.4 Å². The lowest BCUT2D eigenvalue weighted by molar-refractivity contribution is -0.131. The molecule has 0 atom stereocenters. The van der Waals surface area contributed by atoms with E-state index in [1.165, 1.54) is 0 Å². The minimum Gasteiger partial charge on any atom is -0.482 e. The third-order valence-electron chi connectivity index (χ3n) is 5.41. The van der Waals surface area contributed by atoms with E-state index >= 15 is 0 Å². The van der Waals surface area contributed by atoms with Crippen molar-refractivity contribution in [3.05, 3.63) is 53.6 Å². The lowest BCUT2D eigenvalue weighted by Crippen LogP contribution is -2.49. The smallest absolute Gasteiger partial charge is 0.265 e. The molecule has 0 unspecified atom stereocenters. The number of benzene rings is 2. The Bertz CT molecular complexity index is 896. The molecule has 0 radical (unpaired) electrons. The average Bonchev–Trinajstić information content (AvgIpc) is 2.75. The molecule has 0 spiro atoms. The molecule has 1 saturated heterocycles. The quantitative estimate of drug-likeness (QED) is 0.755. The number of amides is 2. The highest BCUT2D eigenvalue weighted by Gasteiger charge is 2.26. The number of piperazine rings is 1. The van der Waals surface area contributed by atoms with Crippen molar-refractivity contribution in [3.63, 3.8) is 0 Å². The molecule has 2 heterocycles. The molecule has 0 aliphatic carbocycles. The monoisotopic (exact) mass is 413 g/mol. The molecule has 29 heavy (non-hydrogen) atoms. The summed E-state index contributed by atoms with van der Waals surface area (Å²) in [4.78, 5) is 30.7. The van der Waals surface area contributed by atoms with Gasteiger partial charge in [0, 0.05) is 39.1 Å². The standard InChI is InChI=1S/C22H24ClN3O3/c23-17-6-1-2-7-18(17)24-12-14-25(15-13-24)21(27)10-5-11-26-19-8-3-4-9-20(19)29-16-22(26)28/h1-4,6-9H,5,10-16H2. The second-order valence-electron chi connectivity index (χ2n) is 7.22. The Hall–Kier alpha value is -2.73. The molecule has 2 amide bonds. The summed E-state index contributed by atoms with van der Waals surface area (Å²) >= 11 is 6.28. The fourth-order valence-electron chi connectivity index (χ4n) is 3.85. The Morgan fingerprint density at radius 1 is 0.966 bits per heavy atom. The molecule has 0 saturated carbocycles. The van der Waals surface area contributed by atoms with Crippen LogP contribution >= 0.6 is 11.6 Å². The zero-order valence-corrected chi connectivity index (χ0v) is 17.0. The van der Waals surface area contributed by atoms with E-state index in [1.54, 1.807) is 4.90 Å². The summed E-state index contributed by atoms with van der Waals surface area (Å²) < 4.78 is 5.46. The first-order valence-electron chi connectivity index (χ1n) is 9.93. The Balaban J connectivity index is 1.27. The van der Waals surface area contributed by atoms with Crippen molar-refractivity contribution in [1.29, 1.82) is 0 Å². The molecule has 152 valence electrons. The first-order chi connectivity index (χ1) is 14.1. The number of nitrogens with zero attached hydrogens (tertiary/aromatic N) is 3. The molecular weight excluding hydrogens is 390 g/mol. The van der Waals surface area contributed by atoms with Crippen LogP contribution in [-0.2, 0) is 9.59 Å². The highest BCUT2D eigenvalue weighted by molar-refractivity contribution is 6.33. The van der Waals surface area contributed by atoms with E-state index in [4.69, 9.17) is 16.3 Å². The number of hydrogen-bond acceptors (Lipinski definition) is 4. The molecular formula is C22H24ClN3O3. The van der Waals surface area contributed by atoms with E-state index in [2.05, 4.69) is 4.90 Å². The summed E-state index contributed by atoms with van der Waals surface area (Å²) in [6, 6.07) is 15.3. The van der Waals surface area contributed by atoms with Crippen LogP contribution in [0.15, 0.2) is 48.5 Å². The van der Waals surface area contributed by atoms with Crippen molar-refractivity contribution >= 4 is 34.8 Å². The average molecular weight is 414 g/mol. The predicted molar refractivity (Wildman–Crippen MR) is 114 cm³/mol. The van der Waals surface area contributed by atoms with Crippen molar-refractivity contribution in [2.75, 3.05) is 49.1 Å². The van der Waals surface area contributed by atoms with Crippen molar-refractivity contribution in [3.8, 4) is 5.75 Å². The summed E-state index contributed by atoms with van der Waals surface area (Å²) in [5.41, 5.74) is 1.80. The van der Waals surface area contributed by atoms with E-state index in [9.17, 15) is 9.59 Å². The fraction of sp³-hybridized carbons (Fsp3) is 0.364. The number of carbonyl (C=O) groups excluding carboxylic acids is 2. The Morgan fingerprint density at radius 3 is 2.41 bits per heavy atom. The minimum absolute atomic E-state index is 0.0506. The summed E-state index contributed by atoms with van der Waals surface area (Å²) in [6.07, 6.45) is 1.06. The normalized spacial score (nSPS) is 16.4. The van der Waals surface area contributed by atoms with Gasteiger partial charge in [0.1, 0.15) is 5.75 Å². The maximum Gasteiger partial charge on any atom is 0.265 e. The van der Waals surface area contributed by atoms with E-state index in [1.807, 2.05) is 53.4 Å². The Morgan fingerprint density at radius 2 is 1.66 bits per heavy atom. The molecule has 2 aromatic carbocycles. The maximum absolute atomic E-state index is 12.6. The van der Waals surface area contributed by atoms with Crippen molar-refractivity contribution in [2.45, 2.75) is 12.8 Å². The second kappa shape index (κ2) is 8.74. The summed E-state index contributed by atoms with van der Waals surface area (Å²) in [5, 5.41) is 0.739. The second-order valence-corrected chi connectivity index (χ2v) is 7.63. The van der Waals surface area contributed by atoms with Crippen LogP contribution in [0.3, 0.4) is 0 Å². The molecule has 6 nitrogen and oxygen atoms in total. The van der Waals surface area contributed by atoms with Gasteiger partial charge in [0.05, 0.1) is 16.4 Å². The Labute approximate surface area is 175 Å². The van der Waals surface area contributed by atoms with Crippen LogP contribution in [0.2, 0.25) is 5.02 Å².